The lowest BCUT2D eigenvalue weighted by Crippen LogP contribution is -2.42. The van der Waals surface area contributed by atoms with E-state index in [1.165, 1.54) is 5.67 Å². The normalized spacial score (nSPS) is 14.3. The van der Waals surface area contributed by atoms with E-state index in [4.69, 9.17) is 13.0 Å². The van der Waals surface area contributed by atoms with Crippen LogP contribution in [-0.2, 0) is 17.8 Å². The van der Waals surface area contributed by atoms with Gasteiger partial charge >= 0.3 is 5.97 Å². The Bertz CT molecular complexity index is 366. The number of rotatable bonds is 11. The molecule has 22 heavy (non-hydrogen) atoms. The van der Waals surface area contributed by atoms with Crippen molar-refractivity contribution in [2.75, 3.05) is 6.61 Å². The van der Waals surface area contributed by atoms with Crippen LogP contribution in [0.1, 0.15) is 13.3 Å². The predicted octanol–water partition coefficient (Wildman–Crippen LogP) is 2.96. The lowest BCUT2D eigenvalue weighted by Gasteiger charge is -2.29. The number of carbonyl (C=O) groups is 1. The van der Waals surface area contributed by atoms with Gasteiger partial charge in [-0.25, -0.2) is 4.79 Å². The van der Waals surface area contributed by atoms with Gasteiger partial charge in [-0.3, -0.25) is 0 Å². The molecule has 0 radical (unpaired) electrons. The van der Waals surface area contributed by atoms with Gasteiger partial charge < -0.3 is 13.0 Å². The molecule has 0 aromatic carbocycles. The number of ether oxygens (including phenoxy) is 1. The molecule has 0 N–H and O–H groups in total. The minimum absolute atomic E-state index is 0.291. The number of esters is 1. The van der Waals surface area contributed by atoms with E-state index in [0.717, 1.165) is 12.5 Å². The van der Waals surface area contributed by atoms with Gasteiger partial charge in [0.25, 0.3) is 0 Å². The summed E-state index contributed by atoms with van der Waals surface area (Å²) >= 11 is 0. The molecule has 0 heterocycles. The van der Waals surface area contributed by atoms with E-state index in [2.05, 4.69) is 45.9 Å². The summed E-state index contributed by atoms with van der Waals surface area (Å²) < 4.78 is 17.6. The summed E-state index contributed by atoms with van der Waals surface area (Å²) in [6.07, 6.45) is 0.897. The molecule has 0 saturated carbocycles. The molecule has 0 aromatic rings. The Balaban J connectivity index is 3.84. The van der Waals surface area contributed by atoms with Crippen LogP contribution in [0.3, 0.4) is 0 Å². The molecule has 130 valence electrons. The van der Waals surface area contributed by atoms with E-state index >= 15 is 0 Å². The topological polar surface area (TPSA) is 44.8 Å². The third-order valence-electron chi connectivity index (χ3n) is 2.95. The average molecular weight is 379 g/mol. The first kappa shape index (κ1) is 22.0. The fourth-order valence-electron chi connectivity index (χ4n) is 2.24. The van der Waals surface area contributed by atoms with Crippen LogP contribution in [0.25, 0.3) is 0 Å². The SMILES string of the molecule is C=C(C)C(=O)OCCC[SiH2]O[Si](C)(C)C[SiH](C)O[Si](C)(C)C. The third-order valence-corrected chi connectivity index (χ3v) is 18.3. The van der Waals surface area contributed by atoms with E-state index < -0.39 is 35.4 Å². The summed E-state index contributed by atoms with van der Waals surface area (Å²) in [6, 6.07) is 1.06. The van der Waals surface area contributed by atoms with Crippen molar-refractivity contribution >= 4 is 41.4 Å². The zero-order valence-electron chi connectivity index (χ0n) is 15.5. The van der Waals surface area contributed by atoms with E-state index in [9.17, 15) is 4.79 Å². The second-order valence-electron chi connectivity index (χ2n) is 7.48. The van der Waals surface area contributed by atoms with Crippen molar-refractivity contribution in [3.63, 3.8) is 0 Å². The first-order valence-electron chi connectivity index (χ1n) is 8.07. The molecule has 0 aromatic heterocycles. The highest BCUT2D eigenvalue weighted by Crippen LogP contribution is 2.17. The lowest BCUT2D eigenvalue weighted by atomic mass is 10.4. The number of hydrogen-bond donors (Lipinski definition) is 0. The Morgan fingerprint density at radius 1 is 1.23 bits per heavy atom. The fourth-order valence-corrected chi connectivity index (χ4v) is 18.4. The van der Waals surface area contributed by atoms with Crippen molar-refractivity contribution in [1.82, 2.24) is 0 Å². The molecule has 0 spiro atoms. The largest absolute Gasteiger partial charge is 0.462 e. The summed E-state index contributed by atoms with van der Waals surface area (Å²) in [5, 5.41) is 0. The van der Waals surface area contributed by atoms with Crippen molar-refractivity contribution in [2.24, 2.45) is 0 Å². The highest BCUT2D eigenvalue weighted by atomic mass is 28.4. The fraction of sp³-hybridized carbons (Fsp3) is 0.786. The molecule has 0 rings (SSSR count). The molecule has 0 amide bonds. The molecule has 0 fully saturated rings. The predicted molar refractivity (Wildman–Crippen MR) is 105 cm³/mol. The monoisotopic (exact) mass is 378 g/mol. The minimum atomic E-state index is -1.57. The average Bonchev–Trinajstić information content (AvgIpc) is 2.29. The van der Waals surface area contributed by atoms with Gasteiger partial charge in [-0.1, -0.05) is 6.58 Å². The van der Waals surface area contributed by atoms with Gasteiger partial charge in [-0.05, 0) is 64.3 Å². The van der Waals surface area contributed by atoms with Crippen LogP contribution in [0.5, 0.6) is 0 Å². The Morgan fingerprint density at radius 3 is 2.32 bits per heavy atom. The smallest absolute Gasteiger partial charge is 0.333 e. The van der Waals surface area contributed by atoms with Crippen LogP contribution < -0.4 is 0 Å². The van der Waals surface area contributed by atoms with Crippen LogP contribution in [0.4, 0.5) is 0 Å². The molecule has 1 unspecified atom stereocenters. The minimum Gasteiger partial charge on any atom is -0.462 e. The maximum Gasteiger partial charge on any atom is 0.333 e. The molecule has 0 saturated heterocycles. The van der Waals surface area contributed by atoms with Crippen LogP contribution in [0.2, 0.25) is 51.0 Å². The van der Waals surface area contributed by atoms with Crippen LogP contribution in [-0.4, -0.2) is 48.0 Å². The van der Waals surface area contributed by atoms with Gasteiger partial charge in [0.2, 0.25) is 0 Å². The van der Waals surface area contributed by atoms with E-state index in [-0.39, 0.29) is 5.97 Å². The number of carbonyl (C=O) groups excluding carboxylic acids is 1. The molecule has 1 atom stereocenters. The Labute approximate surface area is 142 Å². The maximum atomic E-state index is 11.2. The second-order valence-corrected chi connectivity index (χ2v) is 21.7. The summed E-state index contributed by atoms with van der Waals surface area (Å²) in [5.74, 6) is -0.291. The number of hydrogen-bond acceptors (Lipinski definition) is 4. The van der Waals surface area contributed by atoms with Gasteiger partial charge in [-0.15, -0.1) is 0 Å². The van der Waals surface area contributed by atoms with Crippen molar-refractivity contribution < 1.29 is 17.8 Å². The highest BCUT2D eigenvalue weighted by molar-refractivity contribution is 6.87. The molecule has 0 aliphatic heterocycles. The second kappa shape index (κ2) is 9.99. The highest BCUT2D eigenvalue weighted by Gasteiger charge is 2.28. The molecular formula is C14H34O4Si4. The van der Waals surface area contributed by atoms with Gasteiger partial charge in [0.05, 0.1) is 6.61 Å². The van der Waals surface area contributed by atoms with Crippen LogP contribution >= 0.6 is 0 Å². The van der Waals surface area contributed by atoms with Crippen molar-refractivity contribution in [3.05, 3.63) is 12.2 Å². The van der Waals surface area contributed by atoms with Crippen molar-refractivity contribution in [2.45, 2.75) is 64.3 Å². The van der Waals surface area contributed by atoms with E-state index in [1.807, 2.05) is 0 Å². The molecule has 8 heteroatoms. The van der Waals surface area contributed by atoms with Crippen LogP contribution in [0.15, 0.2) is 12.2 Å². The Morgan fingerprint density at radius 2 is 1.82 bits per heavy atom. The molecule has 0 aliphatic rings. The van der Waals surface area contributed by atoms with Gasteiger partial charge in [-0.2, -0.15) is 0 Å². The molecule has 0 aliphatic carbocycles. The molecule has 4 nitrogen and oxygen atoms in total. The maximum absolute atomic E-state index is 11.2. The first-order chi connectivity index (χ1) is 9.93. The van der Waals surface area contributed by atoms with Gasteiger partial charge in [0, 0.05) is 5.57 Å². The zero-order chi connectivity index (χ0) is 17.4. The first-order valence-corrected chi connectivity index (χ1v) is 18.6. The third kappa shape index (κ3) is 12.5. The quantitative estimate of drug-likeness (QED) is 0.240. The zero-order valence-corrected chi connectivity index (χ0v) is 20.0. The summed E-state index contributed by atoms with van der Waals surface area (Å²) in [6.45, 7) is 19.4. The Kier molecular flexibility index (Phi) is 9.99. The summed E-state index contributed by atoms with van der Waals surface area (Å²) in [4.78, 5) is 11.2. The van der Waals surface area contributed by atoms with Crippen LogP contribution in [0, 0.1) is 0 Å². The van der Waals surface area contributed by atoms with E-state index in [1.54, 1.807) is 6.92 Å². The Hall–Kier alpha value is -0.00247. The standard InChI is InChI=1S/C14H34O4Si4/c1-13(2)14(15)16-10-9-11-19-17-22(7,8)12-20(3)18-21(4,5)6/h20H,1,9-12,19H2,2-8H3. The summed E-state index contributed by atoms with van der Waals surface area (Å²) in [7, 11) is -4.59. The lowest BCUT2D eigenvalue weighted by molar-refractivity contribution is -0.138. The van der Waals surface area contributed by atoms with Crippen molar-refractivity contribution in [3.8, 4) is 0 Å². The van der Waals surface area contributed by atoms with E-state index in [0.29, 0.717) is 12.2 Å². The molecule has 0 bridgehead atoms. The molecular weight excluding hydrogens is 344 g/mol. The summed E-state index contributed by atoms with van der Waals surface area (Å²) in [5.41, 5.74) is 1.65. The van der Waals surface area contributed by atoms with Gasteiger partial charge in [0.1, 0.15) is 9.76 Å². The van der Waals surface area contributed by atoms with Crippen molar-refractivity contribution in [1.29, 1.82) is 0 Å². The van der Waals surface area contributed by atoms with Gasteiger partial charge in [0.15, 0.2) is 25.7 Å².